The number of aryl methyl sites for hydroxylation is 1. The number of aromatic nitrogens is 2. The molecule has 3 aromatic rings. The first-order chi connectivity index (χ1) is 12.7. The maximum Gasteiger partial charge on any atom is 0.174 e. The lowest BCUT2D eigenvalue weighted by molar-refractivity contribution is 0.389. The van der Waals surface area contributed by atoms with E-state index in [0.717, 1.165) is 54.0 Å². The van der Waals surface area contributed by atoms with Crippen LogP contribution in [0.25, 0.3) is 10.9 Å². The monoisotopic (exact) mass is 363 g/mol. The number of hydrogen-bond donors (Lipinski definition) is 1. The molecular weight excluding hydrogens is 342 g/mol. The molecule has 1 aliphatic rings. The summed E-state index contributed by atoms with van der Waals surface area (Å²) < 4.78 is 0. The predicted molar refractivity (Wildman–Crippen MR) is 111 cm³/mol. The number of piperazine rings is 1. The van der Waals surface area contributed by atoms with Gasteiger partial charge < -0.3 is 15.1 Å². The van der Waals surface area contributed by atoms with Crippen LogP contribution in [0.4, 0.5) is 11.6 Å². The van der Waals surface area contributed by atoms with Crippen LogP contribution in [-0.2, 0) is 0 Å². The number of anilines is 2. The highest BCUT2D eigenvalue weighted by atomic mass is 32.1. The third kappa shape index (κ3) is 3.60. The van der Waals surface area contributed by atoms with Crippen molar-refractivity contribution in [1.82, 2.24) is 14.9 Å². The van der Waals surface area contributed by atoms with Crippen LogP contribution in [0.2, 0.25) is 0 Å². The summed E-state index contributed by atoms with van der Waals surface area (Å²) in [4.78, 5) is 13.6. The molecular formula is C20H21N5S. The molecule has 6 heteroatoms. The zero-order valence-electron chi connectivity index (χ0n) is 14.7. The van der Waals surface area contributed by atoms with Gasteiger partial charge in [0.15, 0.2) is 5.11 Å². The molecule has 1 aliphatic heterocycles. The number of hydrogen-bond acceptors (Lipinski definition) is 4. The van der Waals surface area contributed by atoms with Crippen molar-refractivity contribution in [2.75, 3.05) is 36.4 Å². The molecule has 0 radical (unpaired) electrons. The molecule has 1 N–H and O–H groups in total. The van der Waals surface area contributed by atoms with Gasteiger partial charge in [-0.05, 0) is 55.0 Å². The van der Waals surface area contributed by atoms with E-state index in [1.807, 2.05) is 31.2 Å². The summed E-state index contributed by atoms with van der Waals surface area (Å²) in [5, 5.41) is 5.15. The van der Waals surface area contributed by atoms with Gasteiger partial charge in [-0.1, -0.05) is 18.2 Å². The number of thiocarbonyl (C=S) groups is 1. The summed E-state index contributed by atoms with van der Waals surface area (Å²) in [7, 11) is 0. The van der Waals surface area contributed by atoms with Crippen molar-refractivity contribution in [3.05, 3.63) is 60.3 Å². The average molecular weight is 363 g/mol. The second-order valence-corrected chi connectivity index (χ2v) is 6.87. The molecule has 0 saturated carbocycles. The average Bonchev–Trinajstić information content (AvgIpc) is 2.68. The Hall–Kier alpha value is -2.73. The Balaban J connectivity index is 1.39. The zero-order chi connectivity index (χ0) is 17.9. The molecule has 0 atom stereocenters. The van der Waals surface area contributed by atoms with E-state index in [2.05, 4.69) is 44.4 Å². The Morgan fingerprint density at radius 3 is 2.65 bits per heavy atom. The summed E-state index contributed by atoms with van der Waals surface area (Å²) in [6.45, 7) is 5.58. The highest BCUT2D eigenvalue weighted by Crippen LogP contribution is 2.19. The Morgan fingerprint density at radius 1 is 1.04 bits per heavy atom. The van der Waals surface area contributed by atoms with Gasteiger partial charge in [0.05, 0.1) is 5.52 Å². The van der Waals surface area contributed by atoms with E-state index in [9.17, 15) is 0 Å². The lowest BCUT2D eigenvalue weighted by atomic mass is 10.2. The molecule has 26 heavy (non-hydrogen) atoms. The van der Waals surface area contributed by atoms with Gasteiger partial charge in [0.1, 0.15) is 11.6 Å². The fourth-order valence-electron chi connectivity index (χ4n) is 3.16. The normalized spacial score (nSPS) is 14.5. The van der Waals surface area contributed by atoms with Gasteiger partial charge >= 0.3 is 0 Å². The summed E-state index contributed by atoms with van der Waals surface area (Å²) >= 11 is 5.56. The van der Waals surface area contributed by atoms with Crippen LogP contribution in [-0.4, -0.2) is 46.2 Å². The molecule has 0 bridgehead atoms. The molecule has 3 heterocycles. The number of benzene rings is 1. The van der Waals surface area contributed by atoms with E-state index >= 15 is 0 Å². The predicted octanol–water partition coefficient (Wildman–Crippen LogP) is 3.46. The van der Waals surface area contributed by atoms with Crippen molar-refractivity contribution in [3.8, 4) is 0 Å². The molecule has 1 fully saturated rings. The molecule has 5 nitrogen and oxygen atoms in total. The molecule has 4 rings (SSSR count). The maximum atomic E-state index is 5.56. The van der Waals surface area contributed by atoms with Crippen LogP contribution in [0.1, 0.15) is 5.56 Å². The minimum Gasteiger partial charge on any atom is -0.353 e. The van der Waals surface area contributed by atoms with E-state index in [-0.39, 0.29) is 0 Å². The molecule has 1 aromatic carbocycles. The van der Waals surface area contributed by atoms with E-state index in [1.54, 1.807) is 6.20 Å². The smallest absolute Gasteiger partial charge is 0.174 e. The first-order valence-corrected chi connectivity index (χ1v) is 9.19. The lowest BCUT2D eigenvalue weighted by Gasteiger charge is -2.36. The zero-order valence-corrected chi connectivity index (χ0v) is 15.5. The van der Waals surface area contributed by atoms with Crippen molar-refractivity contribution in [3.63, 3.8) is 0 Å². The third-order valence-corrected chi connectivity index (χ3v) is 4.99. The second kappa shape index (κ2) is 7.25. The highest BCUT2D eigenvalue weighted by molar-refractivity contribution is 7.80. The van der Waals surface area contributed by atoms with Crippen LogP contribution in [0.15, 0.2) is 54.7 Å². The van der Waals surface area contributed by atoms with Crippen molar-refractivity contribution in [2.24, 2.45) is 0 Å². The van der Waals surface area contributed by atoms with Gasteiger partial charge in [0.25, 0.3) is 0 Å². The van der Waals surface area contributed by atoms with Crippen molar-refractivity contribution >= 4 is 39.9 Å². The van der Waals surface area contributed by atoms with Crippen LogP contribution >= 0.6 is 12.2 Å². The first-order valence-electron chi connectivity index (χ1n) is 8.78. The third-order valence-electron chi connectivity index (χ3n) is 4.63. The van der Waals surface area contributed by atoms with Crippen LogP contribution in [0, 0.1) is 6.92 Å². The molecule has 132 valence electrons. The van der Waals surface area contributed by atoms with Gasteiger partial charge in [-0.25, -0.2) is 9.97 Å². The number of nitrogens with zero attached hydrogens (tertiary/aromatic N) is 4. The fraction of sp³-hybridized carbons (Fsp3) is 0.250. The van der Waals surface area contributed by atoms with Crippen LogP contribution in [0.3, 0.4) is 0 Å². The van der Waals surface area contributed by atoms with Gasteiger partial charge in [0.2, 0.25) is 0 Å². The Kier molecular flexibility index (Phi) is 4.67. The maximum absolute atomic E-state index is 5.56. The standard InChI is InChI=1S/C20H21N5S/c1-15-8-9-21-18(14-15)23-20(26)25-12-10-24(11-13-25)19-7-6-16-4-2-3-5-17(16)22-19/h2-9,14H,10-13H2,1H3,(H,21,23,26). The van der Waals surface area contributed by atoms with Gasteiger partial charge in [0, 0.05) is 37.8 Å². The van der Waals surface area contributed by atoms with Crippen LogP contribution < -0.4 is 10.2 Å². The van der Waals surface area contributed by atoms with E-state index in [4.69, 9.17) is 17.2 Å². The Morgan fingerprint density at radius 2 is 1.85 bits per heavy atom. The van der Waals surface area contributed by atoms with Crippen molar-refractivity contribution in [2.45, 2.75) is 6.92 Å². The first kappa shape index (κ1) is 16.7. The van der Waals surface area contributed by atoms with E-state index < -0.39 is 0 Å². The molecule has 0 unspecified atom stereocenters. The molecule has 1 saturated heterocycles. The fourth-order valence-corrected chi connectivity index (χ4v) is 3.45. The van der Waals surface area contributed by atoms with Gasteiger partial charge in [-0.3, -0.25) is 0 Å². The Labute approximate surface area is 158 Å². The topological polar surface area (TPSA) is 44.3 Å². The molecule has 0 spiro atoms. The van der Waals surface area contributed by atoms with Crippen molar-refractivity contribution in [1.29, 1.82) is 0 Å². The van der Waals surface area contributed by atoms with Gasteiger partial charge in [-0.15, -0.1) is 0 Å². The highest BCUT2D eigenvalue weighted by Gasteiger charge is 2.20. The van der Waals surface area contributed by atoms with Gasteiger partial charge in [-0.2, -0.15) is 0 Å². The molecule has 0 aliphatic carbocycles. The summed E-state index contributed by atoms with van der Waals surface area (Å²) in [5.41, 5.74) is 2.20. The van der Waals surface area contributed by atoms with Crippen molar-refractivity contribution < 1.29 is 0 Å². The number of fused-ring (bicyclic) bond motifs is 1. The molecule has 2 aromatic heterocycles. The summed E-state index contributed by atoms with van der Waals surface area (Å²) in [6, 6.07) is 16.4. The molecule has 0 amide bonds. The summed E-state index contributed by atoms with van der Waals surface area (Å²) in [5.74, 6) is 1.83. The van der Waals surface area contributed by atoms with E-state index in [0.29, 0.717) is 0 Å². The number of rotatable bonds is 2. The number of nitrogens with one attached hydrogen (secondary N) is 1. The summed E-state index contributed by atoms with van der Waals surface area (Å²) in [6.07, 6.45) is 1.80. The van der Waals surface area contributed by atoms with E-state index in [1.165, 1.54) is 5.39 Å². The quantitative estimate of drug-likeness (QED) is 0.704. The number of para-hydroxylation sites is 1. The van der Waals surface area contributed by atoms with Crippen LogP contribution in [0.5, 0.6) is 0 Å². The number of pyridine rings is 2. The lowest BCUT2D eigenvalue weighted by Crippen LogP contribution is -2.50. The SMILES string of the molecule is Cc1ccnc(NC(=S)N2CCN(c3ccc4ccccc4n3)CC2)c1. The largest absolute Gasteiger partial charge is 0.353 e. The Bertz CT molecular complexity index is 934. The second-order valence-electron chi connectivity index (χ2n) is 6.48. The minimum absolute atomic E-state index is 0.731. The minimum atomic E-state index is 0.731.